The summed E-state index contributed by atoms with van der Waals surface area (Å²) < 4.78 is 11.7. The Morgan fingerprint density at radius 2 is 1.76 bits per heavy atom. The van der Waals surface area contributed by atoms with Crippen molar-refractivity contribution in [3.63, 3.8) is 0 Å². The number of rotatable bonds is 9. The van der Waals surface area contributed by atoms with E-state index in [2.05, 4.69) is 49.9 Å². The molecule has 0 spiro atoms. The summed E-state index contributed by atoms with van der Waals surface area (Å²) in [7, 11) is 5.83. The number of hydrogen-bond acceptors (Lipinski definition) is 9. The Balaban J connectivity index is 1.25. The number of ether oxygens (including phenoxy) is 2. The molecule has 2 heterocycles. The van der Waals surface area contributed by atoms with Gasteiger partial charge in [-0.2, -0.15) is 4.98 Å². The number of amides is 1. The van der Waals surface area contributed by atoms with Crippen LogP contribution < -0.4 is 25.4 Å². The fraction of sp³-hybridized carbons (Fsp3) is 0.286. The molecule has 196 valence electrons. The normalized spacial score (nSPS) is 16.6. The fourth-order valence-electron chi connectivity index (χ4n) is 4.31. The SMILES string of the molecule is COc1cc(Nc2nccc(Nc3cnc4cc(NC(C)=O)ccc4c3)n2)ccc1OC1CC(N(C)C)C1. The van der Waals surface area contributed by atoms with Crippen molar-refractivity contribution < 1.29 is 14.3 Å². The molecule has 0 atom stereocenters. The number of pyridine rings is 1. The molecule has 38 heavy (non-hydrogen) atoms. The van der Waals surface area contributed by atoms with Gasteiger partial charge in [-0.25, -0.2) is 4.98 Å². The Morgan fingerprint density at radius 1 is 0.947 bits per heavy atom. The molecule has 2 aromatic heterocycles. The van der Waals surface area contributed by atoms with Crippen molar-refractivity contribution in [3.8, 4) is 11.5 Å². The summed E-state index contributed by atoms with van der Waals surface area (Å²) in [6.07, 6.45) is 5.62. The van der Waals surface area contributed by atoms with Crippen LogP contribution in [0.15, 0.2) is 60.9 Å². The van der Waals surface area contributed by atoms with Crippen molar-refractivity contribution in [2.24, 2.45) is 0 Å². The molecule has 4 aromatic rings. The highest BCUT2D eigenvalue weighted by Gasteiger charge is 2.32. The van der Waals surface area contributed by atoms with Crippen molar-refractivity contribution in [3.05, 3.63) is 60.9 Å². The molecule has 5 rings (SSSR count). The number of hydrogen-bond donors (Lipinski definition) is 3. The average Bonchev–Trinajstić information content (AvgIpc) is 2.86. The molecule has 0 bridgehead atoms. The Morgan fingerprint density at radius 3 is 2.53 bits per heavy atom. The second kappa shape index (κ2) is 10.9. The maximum Gasteiger partial charge on any atom is 0.229 e. The van der Waals surface area contributed by atoms with Crippen LogP contribution in [0.2, 0.25) is 0 Å². The van der Waals surface area contributed by atoms with E-state index in [0.29, 0.717) is 29.2 Å². The molecule has 0 unspecified atom stereocenters. The number of benzene rings is 2. The number of aromatic nitrogens is 3. The topological polar surface area (TPSA) is 114 Å². The summed E-state index contributed by atoms with van der Waals surface area (Å²) in [6, 6.07) is 15.6. The van der Waals surface area contributed by atoms with Gasteiger partial charge in [-0.05, 0) is 63.3 Å². The van der Waals surface area contributed by atoms with Crippen LogP contribution >= 0.6 is 0 Å². The highest BCUT2D eigenvalue weighted by atomic mass is 16.5. The number of anilines is 5. The molecule has 1 aliphatic rings. The summed E-state index contributed by atoms with van der Waals surface area (Å²) in [6.45, 7) is 1.48. The largest absolute Gasteiger partial charge is 0.493 e. The molecule has 10 nitrogen and oxygen atoms in total. The van der Waals surface area contributed by atoms with Crippen LogP contribution in [0.3, 0.4) is 0 Å². The van der Waals surface area contributed by atoms with Crippen LogP contribution in [-0.2, 0) is 4.79 Å². The lowest BCUT2D eigenvalue weighted by atomic mass is 9.88. The molecular formula is C28H31N7O3. The number of methoxy groups -OCH3 is 1. The molecule has 3 N–H and O–H groups in total. The summed E-state index contributed by atoms with van der Waals surface area (Å²) in [5, 5.41) is 10.2. The third-order valence-corrected chi connectivity index (χ3v) is 6.45. The molecule has 1 aliphatic carbocycles. The highest BCUT2D eigenvalue weighted by molar-refractivity contribution is 5.92. The van der Waals surface area contributed by atoms with E-state index in [-0.39, 0.29) is 12.0 Å². The second-order valence-corrected chi connectivity index (χ2v) is 9.52. The van der Waals surface area contributed by atoms with Gasteiger partial charge in [-0.1, -0.05) is 6.07 Å². The Kier molecular flexibility index (Phi) is 7.23. The maximum atomic E-state index is 11.3. The Bertz CT molecular complexity index is 1450. The van der Waals surface area contributed by atoms with Gasteiger partial charge < -0.3 is 30.3 Å². The van der Waals surface area contributed by atoms with E-state index in [4.69, 9.17) is 9.47 Å². The first kappa shape index (κ1) is 25.2. The van der Waals surface area contributed by atoms with Gasteiger partial charge >= 0.3 is 0 Å². The molecule has 1 saturated carbocycles. The van der Waals surface area contributed by atoms with Gasteiger partial charge in [-0.15, -0.1) is 0 Å². The molecule has 1 fully saturated rings. The standard InChI is InChI=1S/C28H31N7O3/c1-17(36)31-19-6-5-18-11-21(16-30-24(18)12-19)32-27-9-10-29-28(34-27)33-20-7-8-25(26(13-20)37-4)38-23-14-22(15-23)35(2)3/h5-13,16,22-23H,14-15H2,1-4H3,(H,31,36)(H2,29,32,33,34). The zero-order chi connectivity index (χ0) is 26.6. The van der Waals surface area contributed by atoms with E-state index in [1.54, 1.807) is 25.6 Å². The minimum Gasteiger partial charge on any atom is -0.493 e. The fourth-order valence-corrected chi connectivity index (χ4v) is 4.31. The van der Waals surface area contributed by atoms with Crippen molar-refractivity contribution in [2.75, 3.05) is 37.2 Å². The molecule has 1 amide bonds. The monoisotopic (exact) mass is 513 g/mol. The van der Waals surface area contributed by atoms with E-state index >= 15 is 0 Å². The summed E-state index contributed by atoms with van der Waals surface area (Å²) in [5.41, 5.74) is 3.06. The molecule has 10 heteroatoms. The maximum absolute atomic E-state index is 11.3. The van der Waals surface area contributed by atoms with Gasteiger partial charge in [-0.3, -0.25) is 9.78 Å². The predicted molar refractivity (Wildman–Crippen MR) is 149 cm³/mol. The van der Waals surface area contributed by atoms with E-state index in [1.165, 1.54) is 6.92 Å². The zero-order valence-corrected chi connectivity index (χ0v) is 21.9. The van der Waals surface area contributed by atoms with E-state index in [0.717, 1.165) is 40.9 Å². The first-order valence-electron chi connectivity index (χ1n) is 12.4. The van der Waals surface area contributed by atoms with Crippen LogP contribution in [0.1, 0.15) is 19.8 Å². The average molecular weight is 514 g/mol. The van der Waals surface area contributed by atoms with Crippen LogP contribution in [0, 0.1) is 0 Å². The Labute approximate surface area is 221 Å². The number of fused-ring (bicyclic) bond motifs is 1. The second-order valence-electron chi connectivity index (χ2n) is 9.52. The van der Waals surface area contributed by atoms with Crippen molar-refractivity contribution in [2.45, 2.75) is 31.9 Å². The van der Waals surface area contributed by atoms with Crippen molar-refractivity contribution >= 4 is 45.6 Å². The molecule has 2 aromatic carbocycles. The number of nitrogens with one attached hydrogen (secondary N) is 3. The van der Waals surface area contributed by atoms with Gasteiger partial charge in [0.05, 0.1) is 24.5 Å². The lowest BCUT2D eigenvalue weighted by Gasteiger charge is -2.39. The molecular weight excluding hydrogens is 482 g/mol. The van der Waals surface area contributed by atoms with Crippen LogP contribution in [0.4, 0.5) is 28.8 Å². The minimum atomic E-state index is -0.120. The van der Waals surface area contributed by atoms with E-state index < -0.39 is 0 Å². The van der Waals surface area contributed by atoms with Crippen LogP contribution in [0.25, 0.3) is 10.9 Å². The summed E-state index contributed by atoms with van der Waals surface area (Å²) in [4.78, 5) is 27.0. The first-order chi connectivity index (χ1) is 18.4. The molecule has 0 aliphatic heterocycles. The number of carbonyl (C=O) groups excluding carboxylic acids is 1. The predicted octanol–water partition coefficient (Wildman–Crippen LogP) is 4.95. The van der Waals surface area contributed by atoms with Gasteiger partial charge in [0.1, 0.15) is 11.9 Å². The highest BCUT2D eigenvalue weighted by Crippen LogP contribution is 2.36. The first-order valence-corrected chi connectivity index (χ1v) is 12.4. The third kappa shape index (κ3) is 5.92. The third-order valence-electron chi connectivity index (χ3n) is 6.45. The smallest absolute Gasteiger partial charge is 0.229 e. The number of carbonyl (C=O) groups is 1. The van der Waals surface area contributed by atoms with Crippen molar-refractivity contribution in [1.82, 2.24) is 19.9 Å². The van der Waals surface area contributed by atoms with Crippen LogP contribution in [0.5, 0.6) is 11.5 Å². The van der Waals surface area contributed by atoms with Crippen LogP contribution in [-0.4, -0.2) is 59.1 Å². The van der Waals surface area contributed by atoms with Gasteiger partial charge in [0, 0.05) is 42.0 Å². The summed E-state index contributed by atoms with van der Waals surface area (Å²) in [5.74, 6) is 2.31. The molecule has 0 radical (unpaired) electrons. The zero-order valence-electron chi connectivity index (χ0n) is 21.9. The molecule has 0 saturated heterocycles. The van der Waals surface area contributed by atoms with Gasteiger partial charge in [0.25, 0.3) is 0 Å². The number of nitrogens with zero attached hydrogens (tertiary/aromatic N) is 4. The quantitative estimate of drug-likeness (QED) is 0.286. The van der Waals surface area contributed by atoms with Crippen molar-refractivity contribution in [1.29, 1.82) is 0 Å². The van der Waals surface area contributed by atoms with Gasteiger partial charge in [0.2, 0.25) is 11.9 Å². The minimum absolute atomic E-state index is 0.120. The lowest BCUT2D eigenvalue weighted by Crippen LogP contribution is -2.46. The van der Waals surface area contributed by atoms with E-state index in [1.807, 2.05) is 42.5 Å². The van der Waals surface area contributed by atoms with Gasteiger partial charge in [0.15, 0.2) is 11.5 Å². The van der Waals surface area contributed by atoms with E-state index in [9.17, 15) is 4.79 Å². The Hall–Kier alpha value is -4.44. The summed E-state index contributed by atoms with van der Waals surface area (Å²) >= 11 is 0. The lowest BCUT2D eigenvalue weighted by molar-refractivity contribution is -0.114.